The Morgan fingerprint density at radius 1 is 1.38 bits per heavy atom. The molecule has 0 radical (unpaired) electrons. The van der Waals surface area contributed by atoms with E-state index in [9.17, 15) is 14.7 Å². The zero-order chi connectivity index (χ0) is 18.3. The van der Waals surface area contributed by atoms with Crippen molar-refractivity contribution in [1.82, 2.24) is 10.3 Å². The zero-order valence-corrected chi connectivity index (χ0v) is 14.3. The lowest BCUT2D eigenvalue weighted by Gasteiger charge is -2.38. The smallest absolute Gasteiger partial charge is 0.408 e. The van der Waals surface area contributed by atoms with Crippen LogP contribution in [0.2, 0.25) is 0 Å². The van der Waals surface area contributed by atoms with E-state index in [4.69, 9.17) is 10.6 Å². The van der Waals surface area contributed by atoms with E-state index in [1.807, 2.05) is 0 Å². The van der Waals surface area contributed by atoms with Gasteiger partial charge in [-0.05, 0) is 38.5 Å². The van der Waals surface area contributed by atoms with Crippen molar-refractivity contribution in [2.24, 2.45) is 5.84 Å². The molecule has 0 bridgehead atoms. The van der Waals surface area contributed by atoms with Crippen molar-refractivity contribution in [3.05, 3.63) is 42.5 Å². The molecule has 0 saturated carbocycles. The molecule has 0 saturated heterocycles. The molecular weight excluding hydrogens is 310 g/mol. The highest BCUT2D eigenvalue weighted by atomic mass is 16.5. The van der Waals surface area contributed by atoms with Gasteiger partial charge in [-0.1, -0.05) is 24.8 Å². The van der Waals surface area contributed by atoms with Gasteiger partial charge in [-0.15, -0.1) is 0 Å². The Morgan fingerprint density at radius 3 is 2.38 bits per heavy atom. The first-order chi connectivity index (χ1) is 11.2. The summed E-state index contributed by atoms with van der Waals surface area (Å²) in [6.45, 7) is 9.15. The summed E-state index contributed by atoms with van der Waals surface area (Å²) in [5.74, 6) is 5.35. The number of ether oxygens (including phenoxy) is 1. The number of amides is 2. The van der Waals surface area contributed by atoms with Crippen LogP contribution >= 0.6 is 0 Å². The van der Waals surface area contributed by atoms with Crippen LogP contribution in [-0.2, 0) is 11.2 Å². The second-order valence-corrected chi connectivity index (χ2v) is 6.30. The Labute approximate surface area is 142 Å². The molecule has 0 aliphatic rings. The minimum absolute atomic E-state index is 0.203. The van der Waals surface area contributed by atoms with Gasteiger partial charge in [0.1, 0.15) is 18.4 Å². The molecule has 1 atom stereocenters. The monoisotopic (exact) mass is 335 g/mol. The third kappa shape index (κ3) is 5.27. The topological polar surface area (TPSA) is 105 Å². The number of rotatable bonds is 7. The second-order valence-electron chi connectivity index (χ2n) is 6.30. The first-order valence-electron chi connectivity index (χ1n) is 7.56. The van der Waals surface area contributed by atoms with Gasteiger partial charge in [0, 0.05) is 12.0 Å². The molecule has 0 spiro atoms. The van der Waals surface area contributed by atoms with Gasteiger partial charge < -0.3 is 9.84 Å². The number of hydrogen-bond acceptors (Lipinski definition) is 4. The van der Waals surface area contributed by atoms with Gasteiger partial charge in [0.2, 0.25) is 0 Å². The minimum Gasteiger partial charge on any atom is -0.490 e. The van der Waals surface area contributed by atoms with Crippen LogP contribution in [0.3, 0.4) is 0 Å². The first-order valence-corrected chi connectivity index (χ1v) is 7.56. The number of nitrogens with zero attached hydrogens (tertiary/aromatic N) is 1. The van der Waals surface area contributed by atoms with Crippen LogP contribution in [0, 0.1) is 0 Å². The summed E-state index contributed by atoms with van der Waals surface area (Å²) in [6, 6.07) is 6.17. The van der Waals surface area contributed by atoms with Crippen LogP contribution in [0.1, 0.15) is 26.3 Å². The maximum absolute atomic E-state index is 12.1. The van der Waals surface area contributed by atoms with Gasteiger partial charge in [-0.25, -0.2) is 10.6 Å². The summed E-state index contributed by atoms with van der Waals surface area (Å²) in [6.07, 6.45) is 0.667. The van der Waals surface area contributed by atoms with Crippen molar-refractivity contribution in [3.63, 3.8) is 0 Å². The molecule has 7 heteroatoms. The predicted octanol–water partition coefficient (Wildman–Crippen LogP) is 1.93. The number of carboxylic acid groups (broad SMARTS) is 1. The van der Waals surface area contributed by atoms with Crippen LogP contribution < -0.4 is 16.0 Å². The van der Waals surface area contributed by atoms with Gasteiger partial charge in [-0.3, -0.25) is 15.1 Å². The third-order valence-corrected chi connectivity index (χ3v) is 3.41. The van der Waals surface area contributed by atoms with Gasteiger partial charge in [0.25, 0.3) is 5.91 Å². The molecule has 0 heterocycles. The fourth-order valence-corrected chi connectivity index (χ4v) is 2.39. The Morgan fingerprint density at radius 2 is 1.96 bits per heavy atom. The van der Waals surface area contributed by atoms with E-state index < -0.39 is 23.6 Å². The fraction of sp³-hybridized carbons (Fsp3) is 0.412. The third-order valence-electron chi connectivity index (χ3n) is 3.41. The van der Waals surface area contributed by atoms with Crippen LogP contribution in [0.15, 0.2) is 36.9 Å². The highest BCUT2D eigenvalue weighted by Crippen LogP contribution is 2.21. The normalized spacial score (nSPS) is 12.2. The Bertz CT molecular complexity index is 578. The lowest BCUT2D eigenvalue weighted by Crippen LogP contribution is -2.58. The molecule has 132 valence electrons. The van der Waals surface area contributed by atoms with Gasteiger partial charge in [0.05, 0.1) is 0 Å². The van der Waals surface area contributed by atoms with E-state index >= 15 is 0 Å². The van der Waals surface area contributed by atoms with E-state index in [1.54, 1.807) is 51.1 Å². The Balaban J connectivity index is 3.03. The van der Waals surface area contributed by atoms with Crippen molar-refractivity contribution in [3.8, 4) is 5.75 Å². The van der Waals surface area contributed by atoms with Crippen molar-refractivity contribution in [2.75, 3.05) is 6.61 Å². The maximum atomic E-state index is 12.1. The predicted molar refractivity (Wildman–Crippen MR) is 91.6 cm³/mol. The molecular formula is C17H25N3O4. The number of carbonyl (C=O) groups is 2. The molecule has 1 aromatic carbocycles. The van der Waals surface area contributed by atoms with E-state index in [0.717, 1.165) is 10.5 Å². The lowest BCUT2D eigenvalue weighted by atomic mass is 9.98. The molecule has 7 nitrogen and oxygen atoms in total. The van der Waals surface area contributed by atoms with Crippen LogP contribution in [0.5, 0.6) is 5.75 Å². The summed E-state index contributed by atoms with van der Waals surface area (Å²) in [5.41, 5.74) is 2.09. The molecule has 0 aliphatic heterocycles. The number of nitrogens with two attached hydrogens (primary N) is 1. The summed E-state index contributed by atoms with van der Waals surface area (Å²) in [5, 5.41) is 9.52. The second kappa shape index (κ2) is 8.35. The van der Waals surface area contributed by atoms with Gasteiger partial charge in [-0.2, -0.15) is 0 Å². The Hall–Kier alpha value is -2.54. The molecule has 1 unspecified atom stereocenters. The molecule has 1 rings (SSSR count). The van der Waals surface area contributed by atoms with E-state index in [2.05, 4.69) is 12.0 Å². The first kappa shape index (κ1) is 19.5. The van der Waals surface area contributed by atoms with Crippen molar-refractivity contribution < 1.29 is 19.4 Å². The maximum Gasteiger partial charge on any atom is 0.408 e. The van der Waals surface area contributed by atoms with Crippen molar-refractivity contribution in [2.45, 2.75) is 38.8 Å². The molecule has 24 heavy (non-hydrogen) atoms. The lowest BCUT2D eigenvalue weighted by molar-refractivity contribution is -0.127. The van der Waals surface area contributed by atoms with E-state index in [-0.39, 0.29) is 6.42 Å². The summed E-state index contributed by atoms with van der Waals surface area (Å²) < 4.78 is 5.40. The van der Waals surface area contributed by atoms with Crippen LogP contribution in [0.25, 0.3) is 0 Å². The van der Waals surface area contributed by atoms with Crippen LogP contribution in [0.4, 0.5) is 4.79 Å². The number of carbonyl (C=O) groups excluding carboxylic acids is 1. The van der Waals surface area contributed by atoms with E-state index in [0.29, 0.717) is 12.4 Å². The van der Waals surface area contributed by atoms with E-state index in [1.165, 1.54) is 0 Å². The molecule has 0 aliphatic carbocycles. The van der Waals surface area contributed by atoms with Crippen molar-refractivity contribution in [1.29, 1.82) is 0 Å². The largest absolute Gasteiger partial charge is 0.490 e. The molecule has 4 N–H and O–H groups in total. The van der Waals surface area contributed by atoms with Gasteiger partial charge >= 0.3 is 6.09 Å². The number of hydrogen-bond donors (Lipinski definition) is 3. The molecule has 1 aromatic rings. The summed E-state index contributed by atoms with van der Waals surface area (Å²) in [4.78, 5) is 24.9. The standard InChI is InChI=1S/C17H25N3O4/c1-5-10-24-13-8-6-12(7-9-13)11-14(15(21)19-18)20(16(22)23)17(2,3)4/h5-9,14H,1,10-11,18H2,2-4H3,(H,19,21)(H,22,23). The highest BCUT2D eigenvalue weighted by Gasteiger charge is 2.37. The molecule has 0 aromatic heterocycles. The number of benzene rings is 1. The quantitative estimate of drug-likeness (QED) is 0.306. The average molecular weight is 335 g/mol. The minimum atomic E-state index is -1.18. The zero-order valence-electron chi connectivity index (χ0n) is 14.3. The fourth-order valence-electron chi connectivity index (χ4n) is 2.39. The Kier molecular flexibility index (Phi) is 6.79. The van der Waals surface area contributed by atoms with Crippen LogP contribution in [-0.4, -0.2) is 40.2 Å². The number of nitrogens with one attached hydrogen (secondary N) is 1. The number of hydrazine groups is 1. The average Bonchev–Trinajstić information content (AvgIpc) is 2.51. The highest BCUT2D eigenvalue weighted by molar-refractivity contribution is 5.85. The van der Waals surface area contributed by atoms with Crippen molar-refractivity contribution >= 4 is 12.0 Å². The molecule has 0 fully saturated rings. The molecule has 2 amide bonds. The summed E-state index contributed by atoms with van der Waals surface area (Å²) in [7, 11) is 0. The summed E-state index contributed by atoms with van der Waals surface area (Å²) >= 11 is 0. The van der Waals surface area contributed by atoms with Gasteiger partial charge in [0.15, 0.2) is 0 Å². The SMILES string of the molecule is C=CCOc1ccc(CC(C(=O)NN)N(C(=O)O)C(C)(C)C)cc1.